The fourth-order valence-electron chi connectivity index (χ4n) is 1.26. The van der Waals surface area contributed by atoms with Gasteiger partial charge in [-0.05, 0) is 12.1 Å². The largest absolute Gasteiger partial charge is 0.341 e. The smallest absolute Gasteiger partial charge is 0.253 e. The molecule has 1 rings (SSSR count). The summed E-state index contributed by atoms with van der Waals surface area (Å²) < 4.78 is 0. The third-order valence-electron chi connectivity index (χ3n) is 2.18. The molecule has 0 aromatic carbocycles. The molecule has 84 valence electrons. The number of pyridine rings is 1. The van der Waals surface area contributed by atoms with Crippen molar-refractivity contribution >= 4 is 5.91 Å². The molecule has 1 amide bonds. The van der Waals surface area contributed by atoms with Gasteiger partial charge >= 0.3 is 0 Å². The Labute approximate surface area is 94.5 Å². The fourth-order valence-corrected chi connectivity index (χ4v) is 1.26. The van der Waals surface area contributed by atoms with Crippen LogP contribution in [0.25, 0.3) is 0 Å². The van der Waals surface area contributed by atoms with Crippen LogP contribution in [-0.4, -0.2) is 29.4 Å². The summed E-state index contributed by atoms with van der Waals surface area (Å²) in [6.45, 7) is 0.735. The minimum atomic E-state index is -0.118. The molecule has 5 nitrogen and oxygen atoms in total. The van der Waals surface area contributed by atoms with Gasteiger partial charge in [-0.2, -0.15) is 5.26 Å². The lowest BCUT2D eigenvalue weighted by Crippen LogP contribution is -2.27. The first-order valence-electron chi connectivity index (χ1n) is 4.96. The second kappa shape index (κ2) is 5.83. The Balaban J connectivity index is 2.76. The molecule has 0 spiro atoms. The molecule has 1 aromatic rings. The van der Waals surface area contributed by atoms with Crippen molar-refractivity contribution in [2.24, 2.45) is 5.73 Å². The number of carbonyl (C=O) groups is 1. The first kappa shape index (κ1) is 12.1. The number of nitrogens with two attached hydrogens (primary N) is 1. The fraction of sp³-hybridized carbons (Fsp3) is 0.364. The minimum Gasteiger partial charge on any atom is -0.341 e. The van der Waals surface area contributed by atoms with E-state index in [0.717, 1.165) is 0 Å². The van der Waals surface area contributed by atoms with E-state index in [9.17, 15) is 4.79 Å². The summed E-state index contributed by atoms with van der Waals surface area (Å²) in [6.07, 6.45) is 1.89. The predicted octanol–water partition coefficient (Wildman–Crippen LogP) is 0.526. The maximum Gasteiger partial charge on any atom is 0.253 e. The van der Waals surface area contributed by atoms with E-state index in [1.165, 1.54) is 4.90 Å². The van der Waals surface area contributed by atoms with E-state index in [-0.39, 0.29) is 5.91 Å². The Kier molecular flexibility index (Phi) is 4.42. The molecule has 0 atom stereocenters. The SMILES string of the molecule is CN(CCC#N)C(=O)c1ccnc(CN)c1. The first-order chi connectivity index (χ1) is 7.69. The third kappa shape index (κ3) is 3.04. The van der Waals surface area contributed by atoms with Gasteiger partial charge in [0.1, 0.15) is 0 Å². The van der Waals surface area contributed by atoms with E-state index in [2.05, 4.69) is 4.98 Å². The molecule has 0 unspecified atom stereocenters. The monoisotopic (exact) mass is 218 g/mol. The highest BCUT2D eigenvalue weighted by molar-refractivity contribution is 5.94. The van der Waals surface area contributed by atoms with Crippen LogP contribution in [0.3, 0.4) is 0 Å². The van der Waals surface area contributed by atoms with Gasteiger partial charge in [0.05, 0.1) is 18.2 Å². The van der Waals surface area contributed by atoms with Gasteiger partial charge in [-0.15, -0.1) is 0 Å². The molecule has 2 N–H and O–H groups in total. The molecular formula is C11H14N4O. The van der Waals surface area contributed by atoms with Crippen LogP contribution in [-0.2, 0) is 6.54 Å². The van der Waals surface area contributed by atoms with Crippen molar-refractivity contribution in [1.29, 1.82) is 5.26 Å². The highest BCUT2D eigenvalue weighted by Crippen LogP contribution is 2.05. The number of nitrogens with zero attached hydrogens (tertiary/aromatic N) is 3. The van der Waals surface area contributed by atoms with Crippen LogP contribution in [0.5, 0.6) is 0 Å². The van der Waals surface area contributed by atoms with Crippen molar-refractivity contribution < 1.29 is 4.79 Å². The highest BCUT2D eigenvalue weighted by Gasteiger charge is 2.11. The van der Waals surface area contributed by atoms with Gasteiger partial charge in [0, 0.05) is 31.9 Å². The molecule has 0 saturated carbocycles. The van der Waals surface area contributed by atoms with E-state index in [4.69, 9.17) is 11.0 Å². The maximum atomic E-state index is 11.9. The van der Waals surface area contributed by atoms with Gasteiger partial charge in [0.2, 0.25) is 0 Å². The molecular weight excluding hydrogens is 204 g/mol. The zero-order valence-electron chi connectivity index (χ0n) is 9.18. The van der Waals surface area contributed by atoms with Crippen LogP contribution in [0.1, 0.15) is 22.5 Å². The number of aromatic nitrogens is 1. The van der Waals surface area contributed by atoms with E-state index in [0.29, 0.717) is 30.8 Å². The lowest BCUT2D eigenvalue weighted by atomic mass is 10.2. The quantitative estimate of drug-likeness (QED) is 0.798. The number of hydrogen-bond donors (Lipinski definition) is 1. The van der Waals surface area contributed by atoms with Crippen molar-refractivity contribution in [3.63, 3.8) is 0 Å². The Morgan fingerprint density at radius 3 is 3.06 bits per heavy atom. The van der Waals surface area contributed by atoms with Gasteiger partial charge < -0.3 is 10.6 Å². The number of amides is 1. The minimum absolute atomic E-state index is 0.118. The van der Waals surface area contributed by atoms with Gasteiger partial charge in [-0.25, -0.2) is 0 Å². The van der Waals surface area contributed by atoms with E-state index in [1.807, 2.05) is 6.07 Å². The highest BCUT2D eigenvalue weighted by atomic mass is 16.2. The van der Waals surface area contributed by atoms with Crippen LogP contribution >= 0.6 is 0 Å². The molecule has 0 aliphatic heterocycles. The van der Waals surface area contributed by atoms with E-state index < -0.39 is 0 Å². The first-order valence-corrected chi connectivity index (χ1v) is 4.96. The average molecular weight is 218 g/mol. The van der Waals surface area contributed by atoms with Crippen molar-refractivity contribution in [2.45, 2.75) is 13.0 Å². The van der Waals surface area contributed by atoms with Gasteiger partial charge in [-0.1, -0.05) is 0 Å². The Bertz CT molecular complexity index is 411. The second-order valence-corrected chi connectivity index (χ2v) is 3.37. The summed E-state index contributed by atoms with van der Waals surface area (Å²) in [5.41, 5.74) is 6.68. The molecule has 5 heteroatoms. The number of carbonyl (C=O) groups excluding carboxylic acids is 1. The lowest BCUT2D eigenvalue weighted by Gasteiger charge is -2.15. The molecule has 1 aromatic heterocycles. The normalized spacial score (nSPS) is 9.56. The van der Waals surface area contributed by atoms with Crippen molar-refractivity contribution in [2.75, 3.05) is 13.6 Å². The van der Waals surface area contributed by atoms with Crippen molar-refractivity contribution in [3.05, 3.63) is 29.6 Å². The molecule has 0 aliphatic carbocycles. The summed E-state index contributed by atoms with van der Waals surface area (Å²) in [5.74, 6) is -0.118. The van der Waals surface area contributed by atoms with Crippen molar-refractivity contribution in [1.82, 2.24) is 9.88 Å². The van der Waals surface area contributed by atoms with Crippen LogP contribution in [0.4, 0.5) is 0 Å². The lowest BCUT2D eigenvalue weighted by molar-refractivity contribution is 0.0798. The average Bonchev–Trinajstić information content (AvgIpc) is 2.35. The predicted molar refractivity (Wildman–Crippen MR) is 59.3 cm³/mol. The topological polar surface area (TPSA) is 83.0 Å². The maximum absolute atomic E-state index is 11.9. The summed E-state index contributed by atoms with van der Waals surface area (Å²) >= 11 is 0. The summed E-state index contributed by atoms with van der Waals surface area (Å²) in [6, 6.07) is 5.32. The number of hydrogen-bond acceptors (Lipinski definition) is 4. The second-order valence-electron chi connectivity index (χ2n) is 3.37. The van der Waals surface area contributed by atoms with Crippen LogP contribution in [0.15, 0.2) is 18.3 Å². The van der Waals surface area contributed by atoms with Gasteiger partial charge in [0.15, 0.2) is 0 Å². The summed E-state index contributed by atoms with van der Waals surface area (Å²) in [7, 11) is 1.67. The summed E-state index contributed by atoms with van der Waals surface area (Å²) in [5, 5.41) is 8.44. The zero-order valence-corrected chi connectivity index (χ0v) is 9.18. The Morgan fingerprint density at radius 2 is 2.44 bits per heavy atom. The van der Waals surface area contributed by atoms with Crippen LogP contribution < -0.4 is 5.73 Å². The molecule has 0 radical (unpaired) electrons. The van der Waals surface area contributed by atoms with Crippen LogP contribution in [0.2, 0.25) is 0 Å². The van der Waals surface area contributed by atoms with Crippen molar-refractivity contribution in [3.8, 4) is 6.07 Å². The standard InChI is InChI=1S/C11H14N4O/c1-15(6-2-4-12)11(16)9-3-5-14-10(7-9)8-13/h3,5,7H,2,6,8,13H2,1H3. The third-order valence-corrected chi connectivity index (χ3v) is 2.18. The van der Waals surface area contributed by atoms with Gasteiger partial charge in [0.25, 0.3) is 5.91 Å². The number of nitriles is 1. The molecule has 0 fully saturated rings. The summed E-state index contributed by atoms with van der Waals surface area (Å²) in [4.78, 5) is 17.4. The molecule has 1 heterocycles. The van der Waals surface area contributed by atoms with E-state index >= 15 is 0 Å². The van der Waals surface area contributed by atoms with Crippen LogP contribution in [0, 0.1) is 11.3 Å². The molecule has 0 saturated heterocycles. The zero-order chi connectivity index (χ0) is 12.0. The molecule has 0 aliphatic rings. The van der Waals surface area contributed by atoms with Gasteiger partial charge in [-0.3, -0.25) is 9.78 Å². The van der Waals surface area contributed by atoms with E-state index in [1.54, 1.807) is 25.4 Å². The molecule has 0 bridgehead atoms. The Morgan fingerprint density at radius 1 is 1.69 bits per heavy atom. The Hall–Kier alpha value is -1.93. The molecule has 16 heavy (non-hydrogen) atoms. The number of rotatable bonds is 4.